The fourth-order valence-electron chi connectivity index (χ4n) is 1.66. The average Bonchev–Trinajstić information content (AvgIpc) is 2.43. The van der Waals surface area contributed by atoms with Crippen LogP contribution in [0, 0.1) is 0 Å². The van der Waals surface area contributed by atoms with E-state index in [0.29, 0.717) is 8.95 Å². The summed E-state index contributed by atoms with van der Waals surface area (Å²) in [6, 6.07) is 8.07. The van der Waals surface area contributed by atoms with Crippen LogP contribution >= 0.6 is 31.9 Å². The molecule has 0 aliphatic rings. The normalized spacial score (nSPS) is 11.2. The van der Waals surface area contributed by atoms with E-state index in [1.165, 1.54) is 12.1 Å². The number of anilines is 1. The number of halogens is 2. The standard InChI is InChI=1S/C13H9Br2NO5S/c14-7-1-3-10(15)12(5-7)22(20,21)16-8-2-4-11(17)9(6-8)13(18)19/h1-6,16-17H,(H,18,19). The number of rotatable bonds is 4. The molecule has 0 aromatic heterocycles. The lowest BCUT2D eigenvalue weighted by molar-refractivity contribution is 0.0694. The van der Waals surface area contributed by atoms with Gasteiger partial charge < -0.3 is 10.2 Å². The molecule has 0 saturated heterocycles. The zero-order valence-electron chi connectivity index (χ0n) is 10.7. The Bertz CT molecular complexity index is 852. The van der Waals surface area contributed by atoms with E-state index in [4.69, 9.17) is 5.11 Å². The van der Waals surface area contributed by atoms with Crippen molar-refractivity contribution in [3.05, 3.63) is 50.9 Å². The number of carboxylic acid groups (broad SMARTS) is 1. The number of hydrogen-bond acceptors (Lipinski definition) is 4. The van der Waals surface area contributed by atoms with Crippen LogP contribution in [0.25, 0.3) is 0 Å². The molecule has 2 aromatic carbocycles. The van der Waals surface area contributed by atoms with Gasteiger partial charge in [-0.05, 0) is 52.3 Å². The number of sulfonamides is 1. The molecule has 0 heterocycles. The second-order valence-electron chi connectivity index (χ2n) is 4.22. The van der Waals surface area contributed by atoms with Crippen LogP contribution in [0.4, 0.5) is 5.69 Å². The molecule has 6 nitrogen and oxygen atoms in total. The molecule has 0 unspecified atom stereocenters. The van der Waals surface area contributed by atoms with Gasteiger partial charge in [0.1, 0.15) is 16.2 Å². The minimum atomic E-state index is -3.92. The third-order valence-corrected chi connectivity index (χ3v) is 5.53. The Morgan fingerprint density at radius 3 is 2.41 bits per heavy atom. The van der Waals surface area contributed by atoms with Crippen LogP contribution in [-0.2, 0) is 10.0 Å². The predicted molar refractivity (Wildman–Crippen MR) is 87.7 cm³/mol. The summed E-state index contributed by atoms with van der Waals surface area (Å²) in [5.41, 5.74) is -0.365. The Hall–Kier alpha value is -1.58. The lowest BCUT2D eigenvalue weighted by Gasteiger charge is -2.11. The number of nitrogens with one attached hydrogen (secondary N) is 1. The molecule has 0 atom stereocenters. The van der Waals surface area contributed by atoms with Crippen molar-refractivity contribution in [3.8, 4) is 5.75 Å². The van der Waals surface area contributed by atoms with Gasteiger partial charge in [-0.2, -0.15) is 0 Å². The van der Waals surface area contributed by atoms with E-state index >= 15 is 0 Å². The minimum absolute atomic E-state index is 0.00757. The second kappa shape index (κ2) is 6.27. The van der Waals surface area contributed by atoms with E-state index in [2.05, 4.69) is 36.6 Å². The molecular formula is C13H9Br2NO5S. The number of carboxylic acids is 1. The topological polar surface area (TPSA) is 104 Å². The van der Waals surface area contributed by atoms with E-state index in [9.17, 15) is 18.3 Å². The van der Waals surface area contributed by atoms with E-state index in [1.807, 2.05) is 0 Å². The molecule has 116 valence electrons. The number of phenols is 1. The highest BCUT2D eigenvalue weighted by Crippen LogP contribution is 2.28. The van der Waals surface area contributed by atoms with E-state index in [1.54, 1.807) is 12.1 Å². The Balaban J connectivity index is 2.43. The zero-order valence-corrected chi connectivity index (χ0v) is 14.7. The first kappa shape index (κ1) is 16.8. The molecule has 0 aliphatic carbocycles. The molecule has 0 fully saturated rings. The molecule has 0 aliphatic heterocycles. The molecule has 2 aromatic rings. The maximum absolute atomic E-state index is 12.4. The van der Waals surface area contributed by atoms with Gasteiger partial charge in [-0.1, -0.05) is 15.9 Å². The fraction of sp³-hybridized carbons (Fsp3) is 0. The zero-order chi connectivity index (χ0) is 16.5. The number of benzene rings is 2. The highest BCUT2D eigenvalue weighted by molar-refractivity contribution is 9.11. The molecule has 3 N–H and O–H groups in total. The average molecular weight is 451 g/mol. The van der Waals surface area contributed by atoms with Crippen molar-refractivity contribution in [2.24, 2.45) is 0 Å². The minimum Gasteiger partial charge on any atom is -0.507 e. The van der Waals surface area contributed by atoms with Gasteiger partial charge in [0.15, 0.2) is 0 Å². The summed E-state index contributed by atoms with van der Waals surface area (Å²) in [5.74, 6) is -1.80. The van der Waals surface area contributed by atoms with Crippen LogP contribution in [0.15, 0.2) is 50.2 Å². The number of aromatic carboxylic acids is 1. The molecular weight excluding hydrogens is 442 g/mol. The Morgan fingerprint density at radius 2 is 1.77 bits per heavy atom. The van der Waals surface area contributed by atoms with Gasteiger partial charge in [-0.25, -0.2) is 13.2 Å². The van der Waals surface area contributed by atoms with E-state index < -0.39 is 27.3 Å². The van der Waals surface area contributed by atoms with Crippen molar-refractivity contribution in [1.29, 1.82) is 0 Å². The maximum atomic E-state index is 12.4. The first-order valence-electron chi connectivity index (χ1n) is 5.75. The predicted octanol–water partition coefficient (Wildman–Crippen LogP) is 3.42. The molecule has 0 amide bonds. The van der Waals surface area contributed by atoms with Crippen molar-refractivity contribution < 1.29 is 23.4 Å². The summed E-state index contributed by atoms with van der Waals surface area (Å²) in [6.45, 7) is 0. The van der Waals surface area contributed by atoms with Crippen molar-refractivity contribution in [1.82, 2.24) is 0 Å². The molecule has 2 rings (SSSR count). The lowest BCUT2D eigenvalue weighted by Crippen LogP contribution is -2.14. The van der Waals surface area contributed by atoms with Gasteiger partial charge in [-0.3, -0.25) is 4.72 Å². The molecule has 0 radical (unpaired) electrons. The SMILES string of the molecule is O=C(O)c1cc(NS(=O)(=O)c2cc(Br)ccc2Br)ccc1O. The smallest absolute Gasteiger partial charge is 0.339 e. The highest BCUT2D eigenvalue weighted by Gasteiger charge is 2.19. The van der Waals surface area contributed by atoms with Crippen LogP contribution < -0.4 is 4.72 Å². The Kier molecular flexibility index (Phi) is 4.78. The van der Waals surface area contributed by atoms with Crippen LogP contribution in [0.3, 0.4) is 0 Å². The van der Waals surface area contributed by atoms with Gasteiger partial charge in [0.2, 0.25) is 0 Å². The summed E-state index contributed by atoms with van der Waals surface area (Å²) >= 11 is 6.35. The van der Waals surface area contributed by atoms with Crippen LogP contribution in [0.2, 0.25) is 0 Å². The molecule has 0 saturated carbocycles. The maximum Gasteiger partial charge on any atom is 0.339 e. The number of carbonyl (C=O) groups is 1. The largest absolute Gasteiger partial charge is 0.507 e. The van der Waals surface area contributed by atoms with Gasteiger partial charge in [-0.15, -0.1) is 0 Å². The second-order valence-corrected chi connectivity index (χ2v) is 7.64. The van der Waals surface area contributed by atoms with Crippen LogP contribution in [0.5, 0.6) is 5.75 Å². The third-order valence-electron chi connectivity index (χ3n) is 2.66. The molecule has 22 heavy (non-hydrogen) atoms. The number of hydrogen-bond donors (Lipinski definition) is 3. The van der Waals surface area contributed by atoms with Gasteiger partial charge in [0.05, 0.1) is 0 Å². The number of aromatic hydroxyl groups is 1. The van der Waals surface area contributed by atoms with Crippen molar-refractivity contribution in [2.75, 3.05) is 4.72 Å². The summed E-state index contributed by atoms with van der Waals surface area (Å²) in [7, 11) is -3.92. The Labute approximate surface area is 143 Å². The van der Waals surface area contributed by atoms with Crippen LogP contribution in [-0.4, -0.2) is 24.6 Å². The summed E-state index contributed by atoms with van der Waals surface area (Å²) in [6.07, 6.45) is 0. The monoisotopic (exact) mass is 449 g/mol. The third kappa shape index (κ3) is 3.60. The molecule has 0 bridgehead atoms. The summed E-state index contributed by atoms with van der Waals surface area (Å²) in [4.78, 5) is 10.9. The first-order valence-corrected chi connectivity index (χ1v) is 8.82. The van der Waals surface area contributed by atoms with Crippen LogP contribution in [0.1, 0.15) is 10.4 Å². The van der Waals surface area contributed by atoms with Crippen molar-refractivity contribution >= 4 is 53.5 Å². The fourth-order valence-corrected chi connectivity index (χ4v) is 4.22. The Morgan fingerprint density at radius 1 is 1.09 bits per heavy atom. The molecule has 0 spiro atoms. The lowest BCUT2D eigenvalue weighted by atomic mass is 10.2. The van der Waals surface area contributed by atoms with Gasteiger partial charge in [0.25, 0.3) is 10.0 Å². The van der Waals surface area contributed by atoms with E-state index in [0.717, 1.165) is 12.1 Å². The van der Waals surface area contributed by atoms with E-state index in [-0.39, 0.29) is 10.6 Å². The van der Waals surface area contributed by atoms with Crippen molar-refractivity contribution in [2.45, 2.75) is 4.90 Å². The highest BCUT2D eigenvalue weighted by atomic mass is 79.9. The van der Waals surface area contributed by atoms with Crippen molar-refractivity contribution in [3.63, 3.8) is 0 Å². The quantitative estimate of drug-likeness (QED) is 0.619. The molecule has 9 heteroatoms. The van der Waals surface area contributed by atoms with Gasteiger partial charge in [0, 0.05) is 14.6 Å². The summed E-state index contributed by atoms with van der Waals surface area (Å²) < 4.78 is 27.9. The summed E-state index contributed by atoms with van der Waals surface area (Å²) in [5, 5.41) is 18.4. The first-order chi connectivity index (χ1) is 10.2. The van der Waals surface area contributed by atoms with Gasteiger partial charge >= 0.3 is 5.97 Å².